The van der Waals surface area contributed by atoms with Gasteiger partial charge in [-0.2, -0.15) is 0 Å². The number of thiocarbonyl (C=S) groups is 1. The van der Waals surface area contributed by atoms with Crippen molar-refractivity contribution < 1.29 is 18.7 Å². The lowest BCUT2D eigenvalue weighted by molar-refractivity contribution is -0.115. The van der Waals surface area contributed by atoms with Crippen molar-refractivity contribution in [2.75, 3.05) is 17.7 Å². The zero-order valence-corrected chi connectivity index (χ0v) is 21.2. The lowest BCUT2D eigenvalue weighted by Crippen LogP contribution is -2.32. The fourth-order valence-electron chi connectivity index (χ4n) is 3.38. The number of halogens is 1. The average molecular weight is 532 g/mol. The molecule has 2 amide bonds. The Hall–Kier alpha value is -4.40. The highest BCUT2D eigenvalue weighted by Gasteiger charge is 2.13. The number of methoxy groups -OCH3 is 1. The molecule has 4 rings (SSSR count). The van der Waals surface area contributed by atoms with Crippen molar-refractivity contribution in [1.29, 1.82) is 0 Å². The average Bonchev–Trinajstić information content (AvgIpc) is 3.38. The Bertz CT molecular complexity index is 1470. The van der Waals surface area contributed by atoms with Gasteiger partial charge in [-0.1, -0.05) is 54.1 Å². The topological polar surface area (TPSA) is 92.6 Å². The Balaban J connectivity index is 1.34. The minimum atomic E-state index is -0.425. The van der Waals surface area contributed by atoms with Crippen LogP contribution < -0.4 is 20.7 Å². The number of hydrogen-bond donors (Lipinski definition) is 3. The fraction of sp³-hybridized carbons (Fsp3) is 0.0357. The molecule has 0 aliphatic rings. The Morgan fingerprint density at radius 3 is 2.46 bits per heavy atom. The van der Waals surface area contributed by atoms with Crippen LogP contribution in [0, 0.1) is 0 Å². The fourth-order valence-corrected chi connectivity index (χ4v) is 3.82. The van der Waals surface area contributed by atoms with Gasteiger partial charge in [0.2, 0.25) is 5.91 Å². The van der Waals surface area contributed by atoms with Crippen LogP contribution in [0.3, 0.4) is 0 Å². The first kappa shape index (κ1) is 25.7. The zero-order valence-electron chi connectivity index (χ0n) is 19.7. The quantitative estimate of drug-likeness (QED) is 0.189. The molecule has 0 saturated carbocycles. The maximum Gasteiger partial charge on any atom is 0.257 e. The molecule has 4 aromatic rings. The third-order valence-corrected chi connectivity index (χ3v) is 5.68. The van der Waals surface area contributed by atoms with Crippen molar-refractivity contribution >= 4 is 58.2 Å². The summed E-state index contributed by atoms with van der Waals surface area (Å²) < 4.78 is 11.2. The Morgan fingerprint density at radius 2 is 1.70 bits per heavy atom. The van der Waals surface area contributed by atoms with Crippen molar-refractivity contribution in [3.63, 3.8) is 0 Å². The molecule has 7 nitrogen and oxygen atoms in total. The van der Waals surface area contributed by atoms with Gasteiger partial charge in [-0.05, 0) is 54.7 Å². The molecule has 0 saturated heterocycles. The number of furan rings is 1. The van der Waals surface area contributed by atoms with Crippen LogP contribution in [0.1, 0.15) is 16.1 Å². The maximum atomic E-state index is 12.6. The lowest BCUT2D eigenvalue weighted by atomic mass is 10.2. The first-order valence-corrected chi connectivity index (χ1v) is 11.9. The smallest absolute Gasteiger partial charge is 0.257 e. The molecule has 0 bridgehead atoms. The van der Waals surface area contributed by atoms with Crippen LogP contribution in [0.25, 0.3) is 17.4 Å². The number of anilines is 2. The van der Waals surface area contributed by atoms with Crippen molar-refractivity contribution in [3.05, 3.63) is 107 Å². The number of amides is 2. The molecular weight excluding hydrogens is 510 g/mol. The van der Waals surface area contributed by atoms with E-state index in [1.807, 2.05) is 36.4 Å². The van der Waals surface area contributed by atoms with E-state index in [1.54, 1.807) is 54.6 Å². The van der Waals surface area contributed by atoms with Crippen LogP contribution >= 0.6 is 23.8 Å². The van der Waals surface area contributed by atoms with Gasteiger partial charge in [0.15, 0.2) is 5.11 Å². The zero-order chi connectivity index (χ0) is 26.2. The number of hydrogen-bond acceptors (Lipinski definition) is 5. The first-order valence-electron chi connectivity index (χ1n) is 11.1. The maximum absolute atomic E-state index is 12.6. The molecule has 1 aromatic heterocycles. The molecule has 9 heteroatoms. The SMILES string of the molecule is COc1cc(NC(=S)NC(=O)/C=C/c2ccc(-c3ccccc3)o2)ccc1NC(=O)c1ccccc1Cl. The molecule has 1 heterocycles. The number of carbonyl (C=O) groups is 2. The van der Waals surface area contributed by atoms with Gasteiger partial charge in [0.25, 0.3) is 5.91 Å². The molecule has 0 aliphatic carbocycles. The van der Waals surface area contributed by atoms with Crippen LogP contribution in [0.5, 0.6) is 5.75 Å². The highest BCUT2D eigenvalue weighted by Crippen LogP contribution is 2.29. The second-order valence-corrected chi connectivity index (χ2v) is 8.51. The summed E-state index contributed by atoms with van der Waals surface area (Å²) in [5.41, 5.74) is 2.29. The molecule has 0 fully saturated rings. The number of nitrogens with one attached hydrogen (secondary N) is 3. The van der Waals surface area contributed by atoms with Crippen LogP contribution in [-0.4, -0.2) is 24.0 Å². The summed E-state index contributed by atoms with van der Waals surface area (Å²) in [6.07, 6.45) is 2.89. The standard InChI is InChI=1S/C28H22ClN3O4S/c1-35-25-17-19(11-14-23(25)31-27(34)21-9-5-6-10-22(21)29)30-28(37)32-26(33)16-13-20-12-15-24(36-20)18-7-3-2-4-8-18/h2-17H,1H3,(H,31,34)(H2,30,32,33,37)/b16-13+. The van der Waals surface area contributed by atoms with E-state index in [-0.39, 0.29) is 11.0 Å². The van der Waals surface area contributed by atoms with E-state index < -0.39 is 5.91 Å². The Labute approximate surface area is 224 Å². The van der Waals surface area contributed by atoms with Crippen molar-refractivity contribution in [1.82, 2.24) is 5.32 Å². The van der Waals surface area contributed by atoms with E-state index in [9.17, 15) is 9.59 Å². The van der Waals surface area contributed by atoms with Gasteiger partial charge in [-0.3, -0.25) is 14.9 Å². The summed E-state index contributed by atoms with van der Waals surface area (Å²) >= 11 is 11.4. The van der Waals surface area contributed by atoms with Gasteiger partial charge < -0.3 is 19.8 Å². The van der Waals surface area contributed by atoms with Gasteiger partial charge in [0.1, 0.15) is 17.3 Å². The predicted molar refractivity (Wildman–Crippen MR) is 150 cm³/mol. The molecular formula is C28H22ClN3O4S. The Kier molecular flexibility index (Phi) is 8.35. The van der Waals surface area contributed by atoms with Crippen LogP contribution in [0.15, 0.2) is 95.4 Å². The van der Waals surface area contributed by atoms with E-state index in [2.05, 4.69) is 16.0 Å². The van der Waals surface area contributed by atoms with E-state index in [1.165, 1.54) is 13.2 Å². The summed E-state index contributed by atoms with van der Waals surface area (Å²) in [5, 5.41) is 8.71. The molecule has 0 unspecified atom stereocenters. The molecule has 0 aliphatic heterocycles. The normalized spacial score (nSPS) is 10.6. The number of rotatable bonds is 7. The van der Waals surface area contributed by atoms with E-state index in [0.29, 0.717) is 39.2 Å². The van der Waals surface area contributed by atoms with Gasteiger partial charge in [-0.25, -0.2) is 0 Å². The van der Waals surface area contributed by atoms with Crippen molar-refractivity contribution in [2.45, 2.75) is 0 Å². The van der Waals surface area contributed by atoms with Gasteiger partial charge >= 0.3 is 0 Å². The first-order chi connectivity index (χ1) is 17.9. The summed E-state index contributed by atoms with van der Waals surface area (Å²) in [6, 6.07) is 25.0. The Morgan fingerprint density at radius 1 is 0.946 bits per heavy atom. The van der Waals surface area contributed by atoms with Crippen LogP contribution in [-0.2, 0) is 4.79 Å². The largest absolute Gasteiger partial charge is 0.494 e. The number of carbonyl (C=O) groups excluding carboxylic acids is 2. The monoisotopic (exact) mass is 531 g/mol. The van der Waals surface area contributed by atoms with Crippen molar-refractivity contribution in [3.8, 4) is 17.1 Å². The van der Waals surface area contributed by atoms with Crippen LogP contribution in [0.2, 0.25) is 5.02 Å². The van der Waals surface area contributed by atoms with E-state index >= 15 is 0 Å². The lowest BCUT2D eigenvalue weighted by Gasteiger charge is -2.14. The molecule has 3 N–H and O–H groups in total. The van der Waals surface area contributed by atoms with Crippen molar-refractivity contribution in [2.24, 2.45) is 0 Å². The van der Waals surface area contributed by atoms with Crippen LogP contribution in [0.4, 0.5) is 11.4 Å². The molecule has 3 aromatic carbocycles. The third-order valence-electron chi connectivity index (χ3n) is 5.15. The van der Waals surface area contributed by atoms with E-state index in [0.717, 1.165) is 5.56 Å². The highest BCUT2D eigenvalue weighted by molar-refractivity contribution is 7.80. The third kappa shape index (κ3) is 6.84. The predicted octanol–water partition coefficient (Wildman–Crippen LogP) is 6.39. The van der Waals surface area contributed by atoms with Gasteiger partial charge in [0.05, 0.1) is 23.4 Å². The summed E-state index contributed by atoms with van der Waals surface area (Å²) in [5.74, 6) is 0.842. The molecule has 37 heavy (non-hydrogen) atoms. The second kappa shape index (κ2) is 12.0. The van der Waals surface area contributed by atoms with E-state index in [4.69, 9.17) is 33.0 Å². The summed E-state index contributed by atoms with van der Waals surface area (Å²) in [6.45, 7) is 0. The molecule has 0 spiro atoms. The molecule has 0 atom stereocenters. The number of benzene rings is 3. The van der Waals surface area contributed by atoms with Gasteiger partial charge in [0, 0.05) is 23.4 Å². The van der Waals surface area contributed by atoms with Gasteiger partial charge in [-0.15, -0.1) is 0 Å². The summed E-state index contributed by atoms with van der Waals surface area (Å²) in [7, 11) is 1.48. The molecule has 0 radical (unpaired) electrons. The minimum absolute atomic E-state index is 0.0916. The summed E-state index contributed by atoms with van der Waals surface area (Å²) in [4.78, 5) is 24.9. The second-order valence-electron chi connectivity index (χ2n) is 7.69. The molecule has 186 valence electrons. The number of ether oxygens (including phenoxy) is 1. The highest BCUT2D eigenvalue weighted by atomic mass is 35.5. The minimum Gasteiger partial charge on any atom is -0.494 e.